The van der Waals surface area contributed by atoms with E-state index in [1.165, 1.54) is 11.9 Å². The molecular formula is C26H39N5O5S2. The fraction of sp³-hybridized carbons (Fsp3) is 0.731. The topological polar surface area (TPSA) is 102 Å². The number of urea groups is 1. The van der Waals surface area contributed by atoms with Gasteiger partial charge in [0.15, 0.2) is 9.84 Å². The summed E-state index contributed by atoms with van der Waals surface area (Å²) in [6, 6.07) is 9.04. The highest BCUT2D eigenvalue weighted by Crippen LogP contribution is 2.64. The predicted octanol–water partition coefficient (Wildman–Crippen LogP) is 1.30. The monoisotopic (exact) mass is 565 g/mol. The van der Waals surface area contributed by atoms with Crippen molar-refractivity contribution in [2.45, 2.75) is 38.3 Å². The van der Waals surface area contributed by atoms with Crippen molar-refractivity contribution < 1.29 is 21.6 Å². The summed E-state index contributed by atoms with van der Waals surface area (Å²) in [5, 5.41) is 0. The van der Waals surface area contributed by atoms with Crippen molar-refractivity contribution in [2.75, 3.05) is 79.9 Å². The number of nitrogens with zero attached hydrogens (tertiary/aromatic N) is 5. The number of carbonyl (C=O) groups is 1. The van der Waals surface area contributed by atoms with E-state index in [9.17, 15) is 21.6 Å². The fourth-order valence-electron chi connectivity index (χ4n) is 7.72. The minimum absolute atomic E-state index is 0.00514. The van der Waals surface area contributed by atoms with E-state index >= 15 is 0 Å². The summed E-state index contributed by atoms with van der Waals surface area (Å²) in [4.78, 5) is 22.2. The first-order valence-corrected chi connectivity index (χ1v) is 17.3. The van der Waals surface area contributed by atoms with Crippen molar-refractivity contribution >= 4 is 37.3 Å². The molecular weight excluding hydrogens is 526 g/mol. The van der Waals surface area contributed by atoms with E-state index in [0.29, 0.717) is 57.8 Å². The van der Waals surface area contributed by atoms with Crippen LogP contribution >= 0.6 is 0 Å². The highest BCUT2D eigenvalue weighted by Gasteiger charge is 2.70. The average Bonchev–Trinajstić information content (AvgIpc) is 2.86. The molecule has 210 valence electrons. The molecule has 6 rings (SSSR count). The molecule has 10 nitrogen and oxygen atoms in total. The summed E-state index contributed by atoms with van der Waals surface area (Å²) in [6.07, 6.45) is 3.28. The van der Waals surface area contributed by atoms with Crippen molar-refractivity contribution in [2.24, 2.45) is 11.3 Å². The van der Waals surface area contributed by atoms with Gasteiger partial charge in [0.05, 0.1) is 23.3 Å². The molecule has 4 saturated heterocycles. The van der Waals surface area contributed by atoms with Crippen LogP contribution in [0.2, 0.25) is 0 Å². The number of hydrogen-bond donors (Lipinski definition) is 0. The maximum atomic E-state index is 13.6. The number of amides is 2. The highest BCUT2D eigenvalue weighted by atomic mass is 32.2. The van der Waals surface area contributed by atoms with Crippen LogP contribution in [0.25, 0.3) is 0 Å². The lowest BCUT2D eigenvalue weighted by Crippen LogP contribution is -2.83. The van der Waals surface area contributed by atoms with Gasteiger partial charge < -0.3 is 19.6 Å². The van der Waals surface area contributed by atoms with E-state index < -0.39 is 19.9 Å². The second-order valence-corrected chi connectivity index (χ2v) is 16.6. The molecule has 2 bridgehead atoms. The number of sulfone groups is 1. The van der Waals surface area contributed by atoms with Crippen LogP contribution < -0.4 is 9.80 Å². The molecule has 12 heteroatoms. The van der Waals surface area contributed by atoms with Gasteiger partial charge in [-0.25, -0.2) is 21.6 Å². The Morgan fingerprint density at radius 2 is 1.50 bits per heavy atom. The van der Waals surface area contributed by atoms with E-state index in [2.05, 4.69) is 52.8 Å². The summed E-state index contributed by atoms with van der Waals surface area (Å²) >= 11 is 0. The van der Waals surface area contributed by atoms with Gasteiger partial charge in [-0.3, -0.25) is 0 Å². The third kappa shape index (κ3) is 4.09. The molecule has 38 heavy (non-hydrogen) atoms. The lowest BCUT2D eigenvalue weighted by atomic mass is 9.45. The zero-order valence-corrected chi connectivity index (χ0v) is 24.2. The largest absolute Gasteiger partial charge is 0.369 e. The molecule has 0 spiro atoms. The lowest BCUT2D eigenvalue weighted by molar-refractivity contribution is -0.165. The number of carbonyl (C=O) groups excluding carboxylic acids is 1. The number of piperazine rings is 1. The summed E-state index contributed by atoms with van der Waals surface area (Å²) in [6.45, 7) is 9.14. The number of sulfonamides is 1. The normalized spacial score (nSPS) is 35.1. The van der Waals surface area contributed by atoms with Gasteiger partial charge in [-0.15, -0.1) is 0 Å². The number of benzene rings is 1. The Balaban J connectivity index is 1.15. The summed E-state index contributed by atoms with van der Waals surface area (Å²) in [5.74, 6) is 0.485. The third-order valence-electron chi connectivity index (χ3n) is 10.2. The minimum Gasteiger partial charge on any atom is -0.369 e. The van der Waals surface area contributed by atoms with E-state index in [-0.39, 0.29) is 28.5 Å². The maximum Gasteiger partial charge on any atom is 0.320 e. The van der Waals surface area contributed by atoms with Gasteiger partial charge in [0.25, 0.3) is 0 Å². The van der Waals surface area contributed by atoms with Gasteiger partial charge in [0, 0.05) is 75.2 Å². The fourth-order valence-corrected chi connectivity index (χ4v) is 9.75. The smallest absolute Gasteiger partial charge is 0.320 e. The summed E-state index contributed by atoms with van der Waals surface area (Å²) in [7, 11) is -6.18. The van der Waals surface area contributed by atoms with E-state index in [1.807, 2.05) is 0 Å². The summed E-state index contributed by atoms with van der Waals surface area (Å²) in [5.41, 5.74) is 2.06. The van der Waals surface area contributed by atoms with Crippen molar-refractivity contribution in [1.29, 1.82) is 0 Å². The van der Waals surface area contributed by atoms with Gasteiger partial charge in [-0.2, -0.15) is 4.31 Å². The third-order valence-corrected chi connectivity index (χ3v) is 13.1. The Kier molecular flexibility index (Phi) is 6.01. The van der Waals surface area contributed by atoms with Crippen LogP contribution in [-0.4, -0.2) is 119 Å². The number of hydrogen-bond acceptors (Lipinski definition) is 7. The van der Waals surface area contributed by atoms with Crippen molar-refractivity contribution in [3.8, 4) is 0 Å². The zero-order valence-electron chi connectivity index (χ0n) is 22.5. The second-order valence-electron chi connectivity index (χ2n) is 12.3. The molecule has 1 saturated carbocycles. The molecule has 4 heterocycles. The van der Waals surface area contributed by atoms with E-state index in [4.69, 9.17) is 0 Å². The van der Waals surface area contributed by atoms with E-state index in [1.54, 1.807) is 9.21 Å². The average molecular weight is 566 g/mol. The molecule has 1 aromatic carbocycles. The highest BCUT2D eigenvalue weighted by molar-refractivity contribution is 7.91. The molecule has 1 aliphatic carbocycles. The first-order chi connectivity index (χ1) is 17.8. The first kappa shape index (κ1) is 26.2. The standard InChI is InChI=1S/C26H39N5O5S2/c1-25-16-20-18-30(22-6-4-21(5-7-22)27-8-10-29(11-9-27)37(3,33)34)23(25)17-26(25,2)31(19-20)24(32)28-12-14-38(35,36)15-13-28/h4-7,20,23H,8-19H2,1-3H3. The Morgan fingerprint density at radius 3 is 2.11 bits per heavy atom. The van der Waals surface area contributed by atoms with Gasteiger partial charge in [-0.05, 0) is 49.9 Å². The van der Waals surface area contributed by atoms with Crippen LogP contribution in [0.4, 0.5) is 16.2 Å². The molecule has 0 N–H and O–H groups in total. The van der Waals surface area contributed by atoms with E-state index in [0.717, 1.165) is 25.1 Å². The Hall–Kier alpha value is -2.05. The van der Waals surface area contributed by atoms with Crippen molar-refractivity contribution in [3.05, 3.63) is 24.3 Å². The second kappa shape index (κ2) is 8.72. The van der Waals surface area contributed by atoms with Crippen molar-refractivity contribution in [1.82, 2.24) is 14.1 Å². The molecule has 0 aromatic heterocycles. The SMILES string of the molecule is CC12CC3CN(c4ccc(N5CCN(S(C)(=O)=O)CC5)cc4)C1CC2(C)N(C(=O)N1CCS(=O)(=O)CC1)C3. The molecule has 5 fully saturated rings. The maximum absolute atomic E-state index is 13.6. The molecule has 4 unspecified atom stereocenters. The molecule has 2 amide bonds. The zero-order chi connectivity index (χ0) is 27.1. The number of piperidine rings is 2. The Morgan fingerprint density at radius 1 is 0.895 bits per heavy atom. The first-order valence-electron chi connectivity index (χ1n) is 13.6. The van der Waals surface area contributed by atoms with Crippen molar-refractivity contribution in [3.63, 3.8) is 0 Å². The number of anilines is 2. The summed E-state index contributed by atoms with van der Waals surface area (Å²) < 4.78 is 49.0. The molecule has 4 aliphatic heterocycles. The minimum atomic E-state index is -3.14. The quantitative estimate of drug-likeness (QED) is 0.545. The molecule has 5 aliphatic rings. The predicted molar refractivity (Wildman–Crippen MR) is 148 cm³/mol. The molecule has 4 atom stereocenters. The van der Waals surface area contributed by atoms with Crippen LogP contribution in [0.15, 0.2) is 24.3 Å². The molecule has 1 aromatic rings. The van der Waals surface area contributed by atoms with Gasteiger partial charge in [0.1, 0.15) is 0 Å². The van der Waals surface area contributed by atoms with Gasteiger partial charge in [0.2, 0.25) is 10.0 Å². The van der Waals surface area contributed by atoms with Crippen LogP contribution in [0.3, 0.4) is 0 Å². The number of fused-ring (bicyclic) bond motifs is 1. The molecule has 0 radical (unpaired) electrons. The Bertz CT molecular complexity index is 1310. The Labute approximate surface area is 226 Å². The van der Waals surface area contributed by atoms with Crippen LogP contribution in [0.5, 0.6) is 0 Å². The lowest BCUT2D eigenvalue weighted by Gasteiger charge is -2.74. The van der Waals surface area contributed by atoms with Crippen LogP contribution in [0.1, 0.15) is 26.7 Å². The number of likely N-dealkylation sites (tertiary alicyclic amines) is 1. The number of rotatable bonds is 3. The van der Waals surface area contributed by atoms with Gasteiger partial charge >= 0.3 is 6.03 Å². The van der Waals surface area contributed by atoms with Crippen LogP contribution in [0, 0.1) is 11.3 Å². The van der Waals surface area contributed by atoms with Crippen LogP contribution in [-0.2, 0) is 19.9 Å². The van der Waals surface area contributed by atoms with Gasteiger partial charge in [-0.1, -0.05) is 6.92 Å².